The number of ether oxygens (including phenoxy) is 1. The number of benzene rings is 1. The molecule has 0 saturated carbocycles. The number of sulfonamides is 1. The molecule has 1 saturated heterocycles. The first-order valence-corrected chi connectivity index (χ1v) is 10.3. The molecule has 1 amide bonds. The molecule has 7 nitrogen and oxygen atoms in total. The lowest BCUT2D eigenvalue weighted by Gasteiger charge is -2.32. The van der Waals surface area contributed by atoms with Gasteiger partial charge in [0.1, 0.15) is 10.6 Å². The van der Waals surface area contributed by atoms with E-state index in [1.807, 2.05) is 6.92 Å². The Morgan fingerprint density at radius 2 is 2.11 bits per heavy atom. The van der Waals surface area contributed by atoms with Gasteiger partial charge in [-0.1, -0.05) is 6.42 Å². The molecule has 0 spiro atoms. The molecule has 1 aromatic heterocycles. The minimum Gasteiger partial charge on any atom is -0.495 e. The number of aromatic nitrogens is 1. The zero-order chi connectivity index (χ0) is 19.4. The molecule has 8 heteroatoms. The van der Waals surface area contributed by atoms with E-state index in [1.165, 1.54) is 29.7 Å². The van der Waals surface area contributed by atoms with Crippen molar-refractivity contribution in [2.24, 2.45) is 0 Å². The van der Waals surface area contributed by atoms with Crippen LogP contribution in [0.5, 0.6) is 5.75 Å². The zero-order valence-corrected chi connectivity index (χ0v) is 16.2. The highest BCUT2D eigenvalue weighted by Crippen LogP contribution is 2.31. The van der Waals surface area contributed by atoms with Crippen LogP contribution >= 0.6 is 0 Å². The average Bonchev–Trinajstić information content (AvgIpc) is 2.68. The third-order valence-electron chi connectivity index (χ3n) is 4.67. The van der Waals surface area contributed by atoms with Crippen molar-refractivity contribution < 1.29 is 17.9 Å². The maximum Gasteiger partial charge on any atom is 0.255 e. The number of amides is 1. The van der Waals surface area contributed by atoms with Crippen molar-refractivity contribution in [1.29, 1.82) is 0 Å². The van der Waals surface area contributed by atoms with Gasteiger partial charge in [-0.25, -0.2) is 8.42 Å². The number of methoxy groups -OCH3 is 1. The summed E-state index contributed by atoms with van der Waals surface area (Å²) in [6.07, 6.45) is 5.79. The monoisotopic (exact) mass is 389 g/mol. The lowest BCUT2D eigenvalue weighted by Crippen LogP contribution is -2.42. The van der Waals surface area contributed by atoms with Crippen LogP contribution in [0.25, 0.3) is 0 Å². The minimum atomic E-state index is -3.77. The average molecular weight is 389 g/mol. The summed E-state index contributed by atoms with van der Waals surface area (Å²) in [6, 6.07) is 7.77. The van der Waals surface area contributed by atoms with Crippen molar-refractivity contribution in [3.63, 3.8) is 0 Å². The fourth-order valence-corrected chi connectivity index (χ4v) is 5.10. The summed E-state index contributed by atoms with van der Waals surface area (Å²) in [5.41, 5.74) is 0.773. The summed E-state index contributed by atoms with van der Waals surface area (Å²) in [6.45, 7) is 2.38. The van der Waals surface area contributed by atoms with E-state index >= 15 is 0 Å². The van der Waals surface area contributed by atoms with Gasteiger partial charge in [-0.05, 0) is 50.1 Å². The Morgan fingerprint density at radius 1 is 1.30 bits per heavy atom. The molecule has 1 N–H and O–H groups in total. The van der Waals surface area contributed by atoms with Gasteiger partial charge in [0.15, 0.2) is 0 Å². The van der Waals surface area contributed by atoms with Gasteiger partial charge in [-0.2, -0.15) is 4.31 Å². The Morgan fingerprint density at radius 3 is 2.78 bits per heavy atom. The summed E-state index contributed by atoms with van der Waals surface area (Å²) in [5.74, 6) is -0.181. The maximum absolute atomic E-state index is 13.2. The standard InChI is InChI=1S/C19H23N3O4S/c1-14-6-3-4-11-22(14)27(24,25)18-12-15(8-9-17(18)26-2)19(23)21-16-7-5-10-20-13-16/h5,7-10,12-14H,3-4,6,11H2,1-2H3,(H,21,23). The number of nitrogens with zero attached hydrogens (tertiary/aromatic N) is 2. The summed E-state index contributed by atoms with van der Waals surface area (Å²) < 4.78 is 33.2. The third kappa shape index (κ3) is 4.12. The molecule has 0 bridgehead atoms. The second kappa shape index (κ2) is 8.06. The molecule has 27 heavy (non-hydrogen) atoms. The van der Waals surface area contributed by atoms with Crippen LogP contribution in [0.1, 0.15) is 36.5 Å². The van der Waals surface area contributed by atoms with E-state index in [2.05, 4.69) is 10.3 Å². The van der Waals surface area contributed by atoms with Crippen LogP contribution in [0.3, 0.4) is 0 Å². The Bertz CT molecular complexity index is 916. The molecule has 0 aliphatic carbocycles. The molecular formula is C19H23N3O4S. The molecule has 1 aliphatic rings. The van der Waals surface area contributed by atoms with Gasteiger partial charge in [0.2, 0.25) is 10.0 Å². The number of pyridine rings is 1. The molecular weight excluding hydrogens is 366 g/mol. The Labute approximate surface area is 159 Å². The van der Waals surface area contributed by atoms with Crippen molar-refractivity contribution in [3.05, 3.63) is 48.3 Å². The topological polar surface area (TPSA) is 88.6 Å². The highest BCUT2D eigenvalue weighted by Gasteiger charge is 2.33. The molecule has 1 atom stereocenters. The van der Waals surface area contributed by atoms with Crippen molar-refractivity contribution in [2.45, 2.75) is 37.1 Å². The van der Waals surface area contributed by atoms with E-state index in [0.717, 1.165) is 19.3 Å². The largest absolute Gasteiger partial charge is 0.495 e. The van der Waals surface area contributed by atoms with Crippen molar-refractivity contribution in [3.8, 4) is 5.75 Å². The van der Waals surface area contributed by atoms with Gasteiger partial charge in [0.25, 0.3) is 5.91 Å². The Kier molecular flexibility index (Phi) is 5.76. The van der Waals surface area contributed by atoms with Crippen LogP contribution in [-0.4, -0.2) is 43.3 Å². The predicted octanol–water partition coefficient (Wildman–Crippen LogP) is 2.91. The van der Waals surface area contributed by atoms with Gasteiger partial charge < -0.3 is 10.1 Å². The van der Waals surface area contributed by atoms with Crippen molar-refractivity contribution in [1.82, 2.24) is 9.29 Å². The molecule has 1 aliphatic heterocycles. The minimum absolute atomic E-state index is 0.0117. The number of nitrogens with one attached hydrogen (secondary N) is 1. The third-order valence-corrected chi connectivity index (χ3v) is 6.71. The molecule has 0 radical (unpaired) electrons. The quantitative estimate of drug-likeness (QED) is 0.849. The number of anilines is 1. The number of carbonyl (C=O) groups is 1. The van der Waals surface area contributed by atoms with E-state index in [-0.39, 0.29) is 22.3 Å². The number of hydrogen-bond donors (Lipinski definition) is 1. The van der Waals surface area contributed by atoms with Crippen LogP contribution in [-0.2, 0) is 10.0 Å². The van der Waals surface area contributed by atoms with Crippen LogP contribution in [0.2, 0.25) is 0 Å². The lowest BCUT2D eigenvalue weighted by molar-refractivity contribution is 0.102. The second-order valence-corrected chi connectivity index (χ2v) is 8.38. The van der Waals surface area contributed by atoms with E-state index < -0.39 is 15.9 Å². The molecule has 144 valence electrons. The summed E-state index contributed by atoms with van der Waals surface area (Å²) >= 11 is 0. The van der Waals surface area contributed by atoms with Crippen molar-refractivity contribution >= 4 is 21.6 Å². The summed E-state index contributed by atoms with van der Waals surface area (Å²) in [4.78, 5) is 16.5. The molecule has 3 rings (SSSR count). The van der Waals surface area contributed by atoms with Gasteiger partial charge in [0, 0.05) is 24.3 Å². The SMILES string of the molecule is COc1ccc(C(=O)Nc2cccnc2)cc1S(=O)(=O)N1CCCCC1C. The van der Waals surface area contributed by atoms with Crippen LogP contribution in [0.15, 0.2) is 47.6 Å². The first-order chi connectivity index (χ1) is 12.9. The van der Waals surface area contributed by atoms with Crippen LogP contribution in [0.4, 0.5) is 5.69 Å². The number of rotatable bonds is 5. The number of carbonyl (C=O) groups excluding carboxylic acids is 1. The molecule has 1 aromatic carbocycles. The first kappa shape index (κ1) is 19.3. The maximum atomic E-state index is 13.2. The molecule has 1 unspecified atom stereocenters. The number of piperidine rings is 1. The molecule has 2 aromatic rings. The van der Waals surface area contributed by atoms with E-state index in [1.54, 1.807) is 24.4 Å². The van der Waals surface area contributed by atoms with Crippen LogP contribution in [0, 0.1) is 0 Å². The van der Waals surface area contributed by atoms with Gasteiger partial charge in [0.05, 0.1) is 19.0 Å². The van der Waals surface area contributed by atoms with Gasteiger partial charge in [-0.15, -0.1) is 0 Å². The van der Waals surface area contributed by atoms with Crippen molar-refractivity contribution in [2.75, 3.05) is 19.0 Å². The highest BCUT2D eigenvalue weighted by atomic mass is 32.2. The Balaban J connectivity index is 1.95. The number of hydrogen-bond acceptors (Lipinski definition) is 5. The molecule has 2 heterocycles. The van der Waals surface area contributed by atoms with Gasteiger partial charge in [-0.3, -0.25) is 9.78 Å². The smallest absolute Gasteiger partial charge is 0.255 e. The predicted molar refractivity (Wildman–Crippen MR) is 102 cm³/mol. The highest BCUT2D eigenvalue weighted by molar-refractivity contribution is 7.89. The lowest BCUT2D eigenvalue weighted by atomic mass is 10.1. The van der Waals surface area contributed by atoms with E-state index in [0.29, 0.717) is 12.2 Å². The first-order valence-electron chi connectivity index (χ1n) is 8.85. The zero-order valence-electron chi connectivity index (χ0n) is 15.4. The fraction of sp³-hybridized carbons (Fsp3) is 0.368. The van der Waals surface area contributed by atoms with E-state index in [9.17, 15) is 13.2 Å². The normalized spacial score (nSPS) is 18.1. The summed E-state index contributed by atoms with van der Waals surface area (Å²) in [5, 5.41) is 2.71. The van der Waals surface area contributed by atoms with Gasteiger partial charge >= 0.3 is 0 Å². The fourth-order valence-electron chi connectivity index (χ4n) is 3.21. The van der Waals surface area contributed by atoms with E-state index in [4.69, 9.17) is 4.74 Å². The van der Waals surface area contributed by atoms with Crippen LogP contribution < -0.4 is 10.1 Å². The molecule has 1 fully saturated rings. The second-order valence-electron chi connectivity index (χ2n) is 6.52. The Hall–Kier alpha value is -2.45. The summed E-state index contributed by atoms with van der Waals surface area (Å²) in [7, 11) is -2.35.